The Hall–Kier alpha value is -1.10. The fraction of sp³-hybridized carbons (Fsp3) is 0.909. The molecule has 0 aromatic rings. The minimum absolute atomic E-state index is 0.174. The summed E-state index contributed by atoms with van der Waals surface area (Å²) >= 11 is 0. The zero-order chi connectivity index (χ0) is 19.3. The maximum Gasteiger partial charge on any atom is 0.223 e. The first kappa shape index (κ1) is 20.6. The first-order valence-corrected chi connectivity index (χ1v) is 11.3. The van der Waals surface area contributed by atoms with Crippen LogP contribution < -0.4 is 5.32 Å². The van der Waals surface area contributed by atoms with Gasteiger partial charge in [-0.25, -0.2) is 0 Å². The molecular weight excluding hydrogens is 340 g/mol. The molecule has 3 fully saturated rings. The molecule has 2 atom stereocenters. The van der Waals surface area contributed by atoms with Crippen LogP contribution in [0, 0.1) is 11.3 Å². The summed E-state index contributed by atoms with van der Waals surface area (Å²) in [6.45, 7) is 6.47. The van der Waals surface area contributed by atoms with Crippen molar-refractivity contribution in [2.45, 2.75) is 96.6 Å². The zero-order valence-corrected chi connectivity index (χ0v) is 17.3. The number of carbonyl (C=O) groups is 2. The molecule has 3 aliphatic rings. The quantitative estimate of drug-likeness (QED) is 0.590. The maximum absolute atomic E-state index is 13.0. The lowest BCUT2D eigenvalue weighted by Gasteiger charge is -2.60. The number of hydrogen-bond donors (Lipinski definition) is 1. The summed E-state index contributed by atoms with van der Waals surface area (Å²) in [6.07, 6.45) is 11.9. The van der Waals surface area contributed by atoms with Gasteiger partial charge < -0.3 is 15.0 Å². The topological polar surface area (TPSA) is 58.6 Å². The number of nitrogens with one attached hydrogen (secondary N) is 1. The first-order valence-electron chi connectivity index (χ1n) is 11.3. The van der Waals surface area contributed by atoms with Gasteiger partial charge in [0.05, 0.1) is 6.10 Å². The van der Waals surface area contributed by atoms with Crippen LogP contribution in [0.4, 0.5) is 0 Å². The lowest BCUT2D eigenvalue weighted by molar-refractivity contribution is -0.188. The smallest absolute Gasteiger partial charge is 0.223 e. The van der Waals surface area contributed by atoms with Gasteiger partial charge >= 0.3 is 0 Å². The fourth-order valence-corrected chi connectivity index (χ4v) is 5.24. The molecule has 1 spiro atoms. The van der Waals surface area contributed by atoms with Crippen LogP contribution in [0.3, 0.4) is 0 Å². The Labute approximate surface area is 164 Å². The maximum atomic E-state index is 13.0. The highest BCUT2D eigenvalue weighted by molar-refractivity contribution is 5.81. The lowest BCUT2D eigenvalue weighted by Crippen LogP contribution is -2.66. The second kappa shape index (κ2) is 9.40. The molecule has 3 aliphatic carbocycles. The van der Waals surface area contributed by atoms with Crippen LogP contribution in [0.15, 0.2) is 0 Å². The van der Waals surface area contributed by atoms with Gasteiger partial charge in [0.1, 0.15) is 0 Å². The number of rotatable bonds is 10. The van der Waals surface area contributed by atoms with Crippen LogP contribution in [0.2, 0.25) is 0 Å². The average Bonchev–Trinajstić information content (AvgIpc) is 3.52. The van der Waals surface area contributed by atoms with Crippen molar-refractivity contribution in [1.82, 2.24) is 10.2 Å². The van der Waals surface area contributed by atoms with Crippen LogP contribution in [0.1, 0.15) is 84.5 Å². The third-order valence-electron chi connectivity index (χ3n) is 6.87. The van der Waals surface area contributed by atoms with Crippen molar-refractivity contribution in [3.63, 3.8) is 0 Å². The van der Waals surface area contributed by atoms with Crippen LogP contribution >= 0.6 is 0 Å². The van der Waals surface area contributed by atoms with Gasteiger partial charge in [0.25, 0.3) is 0 Å². The van der Waals surface area contributed by atoms with E-state index < -0.39 is 0 Å². The molecule has 1 N–H and O–H groups in total. The number of nitrogens with zero attached hydrogens (tertiary/aromatic N) is 1. The Kier molecular flexibility index (Phi) is 7.18. The molecule has 3 saturated carbocycles. The lowest BCUT2D eigenvalue weighted by atomic mass is 9.54. The Balaban J connectivity index is 1.54. The largest absolute Gasteiger partial charge is 0.378 e. The van der Waals surface area contributed by atoms with Crippen molar-refractivity contribution in [2.24, 2.45) is 11.3 Å². The van der Waals surface area contributed by atoms with E-state index >= 15 is 0 Å². The van der Waals surface area contributed by atoms with Crippen molar-refractivity contribution in [1.29, 1.82) is 0 Å². The van der Waals surface area contributed by atoms with Gasteiger partial charge in [0, 0.05) is 43.5 Å². The summed E-state index contributed by atoms with van der Waals surface area (Å²) in [5.41, 5.74) is 0.194. The molecule has 0 radical (unpaired) electrons. The van der Waals surface area contributed by atoms with E-state index in [4.69, 9.17) is 4.74 Å². The van der Waals surface area contributed by atoms with Crippen molar-refractivity contribution >= 4 is 11.8 Å². The highest BCUT2D eigenvalue weighted by Crippen LogP contribution is 2.55. The molecule has 0 aromatic heterocycles. The molecule has 0 saturated heterocycles. The molecule has 5 heteroatoms. The summed E-state index contributed by atoms with van der Waals surface area (Å²) in [5.74, 6) is 0.684. The predicted octanol–water partition coefficient (Wildman–Crippen LogP) is 3.66. The summed E-state index contributed by atoms with van der Waals surface area (Å²) in [5, 5.41) is 2.98. The van der Waals surface area contributed by atoms with Gasteiger partial charge in [0.15, 0.2) is 0 Å². The average molecular weight is 379 g/mol. The summed E-state index contributed by atoms with van der Waals surface area (Å²) in [7, 11) is 0. The van der Waals surface area contributed by atoms with Gasteiger partial charge in [-0.15, -0.1) is 0 Å². The molecule has 0 heterocycles. The van der Waals surface area contributed by atoms with E-state index in [2.05, 4.69) is 24.1 Å². The normalized spacial score (nSPS) is 26.4. The standard InChI is InChI=1S/C22H38N2O3/c1-3-15-24(20(25)9-8-14-23-21(26)17-10-11-17)18-16-19(27-4-2)22(18)12-6-5-7-13-22/h17-19H,3-16H2,1-2H3,(H,23,26)/t18-,19-/m1/s1. The Morgan fingerprint density at radius 2 is 1.89 bits per heavy atom. The fourth-order valence-electron chi connectivity index (χ4n) is 5.24. The molecule has 0 aromatic carbocycles. The number of hydrogen-bond acceptors (Lipinski definition) is 3. The van der Waals surface area contributed by atoms with E-state index in [-0.39, 0.29) is 23.1 Å². The van der Waals surface area contributed by atoms with E-state index in [0.29, 0.717) is 25.1 Å². The zero-order valence-electron chi connectivity index (χ0n) is 17.3. The second-order valence-electron chi connectivity index (χ2n) is 8.75. The molecule has 27 heavy (non-hydrogen) atoms. The Bertz CT molecular complexity index is 512. The van der Waals surface area contributed by atoms with Crippen molar-refractivity contribution in [3.05, 3.63) is 0 Å². The number of amides is 2. The van der Waals surface area contributed by atoms with E-state index in [1.807, 2.05) is 0 Å². The Morgan fingerprint density at radius 1 is 1.15 bits per heavy atom. The molecule has 0 aliphatic heterocycles. The Morgan fingerprint density at radius 3 is 2.52 bits per heavy atom. The van der Waals surface area contributed by atoms with Gasteiger partial charge in [-0.3, -0.25) is 9.59 Å². The highest BCUT2D eigenvalue weighted by Gasteiger charge is 2.58. The van der Waals surface area contributed by atoms with E-state index in [9.17, 15) is 9.59 Å². The molecule has 5 nitrogen and oxygen atoms in total. The van der Waals surface area contributed by atoms with Gasteiger partial charge in [0.2, 0.25) is 11.8 Å². The molecular formula is C22H38N2O3. The van der Waals surface area contributed by atoms with Gasteiger partial charge in [-0.2, -0.15) is 0 Å². The van der Waals surface area contributed by atoms with Crippen molar-refractivity contribution in [2.75, 3.05) is 19.7 Å². The summed E-state index contributed by atoms with van der Waals surface area (Å²) < 4.78 is 6.08. The highest BCUT2D eigenvalue weighted by atomic mass is 16.5. The molecule has 0 unspecified atom stereocenters. The van der Waals surface area contributed by atoms with Crippen LogP contribution in [0.25, 0.3) is 0 Å². The number of carbonyl (C=O) groups excluding carboxylic acids is 2. The summed E-state index contributed by atoms with van der Waals surface area (Å²) in [6, 6.07) is 0.350. The number of ether oxygens (including phenoxy) is 1. The molecule has 154 valence electrons. The molecule has 0 bridgehead atoms. The third kappa shape index (κ3) is 4.67. The van der Waals surface area contributed by atoms with Gasteiger partial charge in [-0.05, 0) is 51.9 Å². The molecule has 3 rings (SSSR count). The van der Waals surface area contributed by atoms with Crippen molar-refractivity contribution < 1.29 is 14.3 Å². The van der Waals surface area contributed by atoms with Crippen LogP contribution in [-0.2, 0) is 14.3 Å². The van der Waals surface area contributed by atoms with E-state index in [1.54, 1.807) is 0 Å². The minimum atomic E-state index is 0.174. The monoisotopic (exact) mass is 378 g/mol. The van der Waals surface area contributed by atoms with Gasteiger partial charge in [-0.1, -0.05) is 26.2 Å². The first-order chi connectivity index (χ1) is 13.1. The summed E-state index contributed by atoms with van der Waals surface area (Å²) in [4.78, 5) is 26.9. The molecule has 2 amide bonds. The SMILES string of the molecule is CCCN(C(=O)CCCNC(=O)C1CC1)[C@@H]1C[C@@H](OCC)C12CCCCC2. The van der Waals surface area contributed by atoms with Crippen LogP contribution in [0.5, 0.6) is 0 Å². The second-order valence-corrected chi connectivity index (χ2v) is 8.75. The van der Waals surface area contributed by atoms with E-state index in [0.717, 1.165) is 45.3 Å². The predicted molar refractivity (Wildman–Crippen MR) is 106 cm³/mol. The van der Waals surface area contributed by atoms with E-state index in [1.165, 1.54) is 32.1 Å². The third-order valence-corrected chi connectivity index (χ3v) is 6.87. The minimum Gasteiger partial charge on any atom is -0.378 e. The van der Waals surface area contributed by atoms with Crippen LogP contribution in [-0.4, -0.2) is 48.6 Å². The van der Waals surface area contributed by atoms with Crippen molar-refractivity contribution in [3.8, 4) is 0 Å².